The van der Waals surface area contributed by atoms with Gasteiger partial charge in [0.05, 0.1) is 18.6 Å². The number of primary amides is 1. The van der Waals surface area contributed by atoms with Gasteiger partial charge in [-0.3, -0.25) is 19.2 Å². The van der Waals surface area contributed by atoms with Crippen LogP contribution in [-0.2, 0) is 23.9 Å². The van der Waals surface area contributed by atoms with Crippen LogP contribution in [0.25, 0.3) is 0 Å². The Morgan fingerprint density at radius 2 is 2.00 bits per heavy atom. The van der Waals surface area contributed by atoms with Crippen LogP contribution in [-0.4, -0.2) is 65.0 Å². The van der Waals surface area contributed by atoms with Crippen LogP contribution in [0.4, 0.5) is 0 Å². The molecule has 0 bridgehead atoms. The zero-order valence-electron chi connectivity index (χ0n) is 14.2. The Morgan fingerprint density at radius 1 is 1.38 bits per heavy atom. The molecule has 0 aromatic heterocycles. The van der Waals surface area contributed by atoms with E-state index in [0.29, 0.717) is 0 Å². The number of hydrogen-bond donors (Lipinski definition) is 3. The topological polar surface area (TPSA) is 139 Å². The highest BCUT2D eigenvalue weighted by Crippen LogP contribution is 2.19. The quantitative estimate of drug-likeness (QED) is 0.482. The fourth-order valence-corrected chi connectivity index (χ4v) is 2.66. The van der Waals surface area contributed by atoms with Crippen LogP contribution in [0.3, 0.4) is 0 Å². The van der Waals surface area contributed by atoms with E-state index in [2.05, 4.69) is 5.32 Å². The Morgan fingerprint density at radius 3 is 2.50 bits per heavy atom. The molecule has 1 heterocycles. The van der Waals surface area contributed by atoms with Crippen molar-refractivity contribution >= 4 is 23.7 Å². The monoisotopic (exact) mass is 343 g/mol. The molecule has 24 heavy (non-hydrogen) atoms. The van der Waals surface area contributed by atoms with Gasteiger partial charge in [-0.2, -0.15) is 0 Å². The van der Waals surface area contributed by atoms with E-state index in [-0.39, 0.29) is 31.9 Å². The Labute approximate surface area is 140 Å². The summed E-state index contributed by atoms with van der Waals surface area (Å²) in [4.78, 5) is 48.4. The number of esters is 1. The van der Waals surface area contributed by atoms with Crippen LogP contribution in [0.1, 0.15) is 33.6 Å². The largest absolute Gasteiger partial charge is 0.466 e. The SMILES string of the molecule is CCOC(=O)[C@@H](C)C[C@H](NC(=O)[C@@H]1C[C@@H](O)CN1C(C)=O)C(N)=O. The van der Waals surface area contributed by atoms with Gasteiger partial charge in [0.2, 0.25) is 17.7 Å². The van der Waals surface area contributed by atoms with Crippen molar-refractivity contribution in [2.45, 2.75) is 51.8 Å². The van der Waals surface area contributed by atoms with Crippen molar-refractivity contribution in [2.24, 2.45) is 11.7 Å². The van der Waals surface area contributed by atoms with Crippen LogP contribution in [0, 0.1) is 5.92 Å². The van der Waals surface area contributed by atoms with Crippen molar-refractivity contribution in [2.75, 3.05) is 13.2 Å². The molecule has 3 amide bonds. The molecule has 4 N–H and O–H groups in total. The number of nitrogens with zero attached hydrogens (tertiary/aromatic N) is 1. The van der Waals surface area contributed by atoms with Crippen LogP contribution in [0.5, 0.6) is 0 Å². The second kappa shape index (κ2) is 8.62. The number of carbonyl (C=O) groups is 4. The lowest BCUT2D eigenvalue weighted by atomic mass is 10.0. The second-order valence-corrected chi connectivity index (χ2v) is 5.93. The Hall–Kier alpha value is -2.16. The normalized spacial score (nSPS) is 22.6. The maximum atomic E-state index is 12.4. The summed E-state index contributed by atoms with van der Waals surface area (Å²) >= 11 is 0. The molecule has 9 nitrogen and oxygen atoms in total. The maximum Gasteiger partial charge on any atom is 0.308 e. The number of β-amino-alcohol motifs (C(OH)–C–C–N with tert-alkyl or cyclic N) is 1. The number of rotatable bonds is 7. The van der Waals surface area contributed by atoms with E-state index in [9.17, 15) is 24.3 Å². The molecule has 4 atom stereocenters. The zero-order valence-corrected chi connectivity index (χ0v) is 14.2. The van der Waals surface area contributed by atoms with Crippen LogP contribution >= 0.6 is 0 Å². The molecule has 0 unspecified atom stereocenters. The third-order valence-corrected chi connectivity index (χ3v) is 3.92. The van der Waals surface area contributed by atoms with E-state index in [1.54, 1.807) is 13.8 Å². The van der Waals surface area contributed by atoms with E-state index in [1.807, 2.05) is 0 Å². The predicted molar refractivity (Wildman–Crippen MR) is 83.3 cm³/mol. The minimum absolute atomic E-state index is 0.00471. The number of nitrogens with two attached hydrogens (primary N) is 1. The minimum atomic E-state index is -1.07. The van der Waals surface area contributed by atoms with Crippen molar-refractivity contribution in [1.29, 1.82) is 0 Å². The number of ether oxygens (including phenoxy) is 1. The van der Waals surface area contributed by atoms with E-state index in [4.69, 9.17) is 10.5 Å². The molecule has 0 aliphatic carbocycles. The number of likely N-dealkylation sites (tertiary alicyclic amines) is 1. The molecule has 0 aromatic rings. The molecule has 0 saturated carbocycles. The molecule has 9 heteroatoms. The molecule has 1 fully saturated rings. The summed E-state index contributed by atoms with van der Waals surface area (Å²) in [6.07, 6.45) is -0.713. The molecule has 1 saturated heterocycles. The lowest BCUT2D eigenvalue weighted by Gasteiger charge is -2.25. The van der Waals surface area contributed by atoms with E-state index >= 15 is 0 Å². The van der Waals surface area contributed by atoms with Gasteiger partial charge in [0.25, 0.3) is 0 Å². The van der Waals surface area contributed by atoms with Crippen LogP contribution in [0.2, 0.25) is 0 Å². The Bertz CT molecular complexity index is 509. The Kier molecular flexibility index (Phi) is 7.15. The van der Waals surface area contributed by atoms with Gasteiger partial charge in [0.15, 0.2) is 0 Å². The first-order valence-electron chi connectivity index (χ1n) is 7.88. The summed E-state index contributed by atoms with van der Waals surface area (Å²) < 4.78 is 4.86. The maximum absolute atomic E-state index is 12.4. The number of amides is 3. The van der Waals surface area contributed by atoms with Gasteiger partial charge >= 0.3 is 5.97 Å². The molecule has 0 spiro atoms. The van der Waals surface area contributed by atoms with Crippen molar-refractivity contribution in [3.8, 4) is 0 Å². The standard InChI is InChI=1S/C15H25N3O6/c1-4-24-15(23)8(2)5-11(13(16)21)17-14(22)12-6-10(20)7-18(12)9(3)19/h8,10-12,20H,4-7H2,1-3H3,(H2,16,21)(H,17,22)/t8-,10+,11-,12-/m0/s1. The number of carbonyl (C=O) groups excluding carboxylic acids is 4. The number of nitrogens with one attached hydrogen (secondary N) is 1. The molecular formula is C15H25N3O6. The summed E-state index contributed by atoms with van der Waals surface area (Å²) in [5, 5.41) is 12.1. The summed E-state index contributed by atoms with van der Waals surface area (Å²) in [5.41, 5.74) is 5.29. The van der Waals surface area contributed by atoms with Crippen LogP contribution < -0.4 is 11.1 Å². The van der Waals surface area contributed by atoms with Gasteiger partial charge < -0.3 is 25.8 Å². The summed E-state index contributed by atoms with van der Waals surface area (Å²) in [6, 6.07) is -1.93. The van der Waals surface area contributed by atoms with Crippen molar-refractivity contribution in [3.63, 3.8) is 0 Å². The lowest BCUT2D eigenvalue weighted by Crippen LogP contribution is -2.52. The van der Waals surface area contributed by atoms with Gasteiger partial charge in [0.1, 0.15) is 12.1 Å². The van der Waals surface area contributed by atoms with E-state index in [1.165, 1.54) is 11.8 Å². The summed E-state index contributed by atoms with van der Waals surface area (Å²) in [7, 11) is 0. The number of aliphatic hydroxyl groups is 1. The molecule has 1 aliphatic heterocycles. The number of aliphatic hydroxyl groups excluding tert-OH is 1. The molecule has 1 rings (SSSR count). The van der Waals surface area contributed by atoms with Crippen molar-refractivity contribution in [3.05, 3.63) is 0 Å². The molecule has 1 aliphatic rings. The highest BCUT2D eigenvalue weighted by Gasteiger charge is 2.39. The second-order valence-electron chi connectivity index (χ2n) is 5.93. The average molecular weight is 343 g/mol. The van der Waals surface area contributed by atoms with Gasteiger partial charge in [-0.1, -0.05) is 6.92 Å². The van der Waals surface area contributed by atoms with E-state index in [0.717, 1.165) is 0 Å². The molecule has 0 radical (unpaired) electrons. The van der Waals surface area contributed by atoms with Crippen molar-refractivity contribution in [1.82, 2.24) is 10.2 Å². The Balaban J connectivity index is 2.74. The number of hydrogen-bond acceptors (Lipinski definition) is 6. The zero-order chi connectivity index (χ0) is 18.4. The van der Waals surface area contributed by atoms with Gasteiger partial charge in [-0.15, -0.1) is 0 Å². The minimum Gasteiger partial charge on any atom is -0.466 e. The summed E-state index contributed by atoms with van der Waals surface area (Å²) in [5.74, 6) is -2.82. The first kappa shape index (κ1) is 19.9. The first-order chi connectivity index (χ1) is 11.2. The first-order valence-corrected chi connectivity index (χ1v) is 7.88. The smallest absolute Gasteiger partial charge is 0.308 e. The van der Waals surface area contributed by atoms with Crippen molar-refractivity contribution < 1.29 is 29.0 Å². The predicted octanol–water partition coefficient (Wildman–Crippen LogP) is -1.47. The van der Waals surface area contributed by atoms with Gasteiger partial charge in [-0.25, -0.2) is 0 Å². The van der Waals surface area contributed by atoms with Gasteiger partial charge in [0, 0.05) is 19.9 Å². The van der Waals surface area contributed by atoms with E-state index < -0.39 is 41.9 Å². The molecular weight excluding hydrogens is 318 g/mol. The highest BCUT2D eigenvalue weighted by molar-refractivity contribution is 5.92. The van der Waals surface area contributed by atoms with Gasteiger partial charge in [-0.05, 0) is 13.3 Å². The molecule has 0 aromatic carbocycles. The molecule has 136 valence electrons. The third kappa shape index (κ3) is 5.19. The fraction of sp³-hybridized carbons (Fsp3) is 0.733. The van der Waals surface area contributed by atoms with Crippen LogP contribution in [0.15, 0.2) is 0 Å². The third-order valence-electron chi connectivity index (χ3n) is 3.92. The summed E-state index contributed by atoms with van der Waals surface area (Å²) in [6.45, 7) is 4.81. The highest BCUT2D eigenvalue weighted by atomic mass is 16.5. The fourth-order valence-electron chi connectivity index (χ4n) is 2.66. The average Bonchev–Trinajstić information content (AvgIpc) is 2.88. The lowest BCUT2D eigenvalue weighted by molar-refractivity contribution is -0.148.